The molecule has 1 aliphatic heterocycles. The number of likely N-dealkylation sites (N-methyl/N-ethyl adjacent to an activating group) is 1. The Morgan fingerprint density at radius 3 is 2.43 bits per heavy atom. The van der Waals surface area contributed by atoms with Gasteiger partial charge in [-0.15, -0.1) is 0 Å². The van der Waals surface area contributed by atoms with E-state index in [0.29, 0.717) is 6.61 Å². The third-order valence-electron chi connectivity index (χ3n) is 5.56. The number of benzene rings is 2. The second kappa shape index (κ2) is 7.59. The van der Waals surface area contributed by atoms with Crippen LogP contribution in [0.4, 0.5) is 0 Å². The highest BCUT2D eigenvalue weighted by Gasteiger charge is 2.37. The molecule has 0 saturated carbocycles. The maximum Gasteiger partial charge on any atom is 0.130 e. The van der Waals surface area contributed by atoms with Gasteiger partial charge in [0, 0.05) is 31.0 Å². The third kappa shape index (κ3) is 3.39. The van der Waals surface area contributed by atoms with Crippen LogP contribution in [0.15, 0.2) is 90.3 Å². The summed E-state index contributed by atoms with van der Waals surface area (Å²) in [5.41, 5.74) is 3.97. The summed E-state index contributed by atoms with van der Waals surface area (Å²) in [7, 11) is 1.99. The highest BCUT2D eigenvalue weighted by molar-refractivity contribution is 5.81. The molecule has 0 spiro atoms. The molecule has 4 aromatic rings. The Balaban J connectivity index is 1.36. The van der Waals surface area contributed by atoms with E-state index in [1.54, 1.807) is 0 Å². The maximum atomic E-state index is 6.00. The summed E-state index contributed by atoms with van der Waals surface area (Å²) in [4.78, 5) is 8.84. The second-order valence-corrected chi connectivity index (χ2v) is 7.58. The Labute approximate surface area is 175 Å². The molecule has 0 saturated heterocycles. The van der Waals surface area contributed by atoms with Crippen molar-refractivity contribution in [3.63, 3.8) is 0 Å². The van der Waals surface area contributed by atoms with Crippen molar-refractivity contribution in [2.75, 3.05) is 13.6 Å². The molecule has 2 aromatic heterocycles. The van der Waals surface area contributed by atoms with Gasteiger partial charge in [-0.25, -0.2) is 4.98 Å². The van der Waals surface area contributed by atoms with Gasteiger partial charge in [0.15, 0.2) is 0 Å². The van der Waals surface area contributed by atoms with E-state index < -0.39 is 0 Å². The van der Waals surface area contributed by atoms with Crippen molar-refractivity contribution in [2.45, 2.75) is 12.0 Å². The first-order valence-electron chi connectivity index (χ1n) is 9.98. The first-order valence-corrected chi connectivity index (χ1v) is 9.98. The fourth-order valence-corrected chi connectivity index (χ4v) is 3.98. The molecule has 0 N–H and O–H groups in total. The highest BCUT2D eigenvalue weighted by Crippen LogP contribution is 2.35. The van der Waals surface area contributed by atoms with Gasteiger partial charge >= 0.3 is 0 Å². The molecule has 5 heteroatoms. The van der Waals surface area contributed by atoms with Crippen molar-refractivity contribution < 1.29 is 4.74 Å². The Hall–Kier alpha value is -3.73. The molecule has 3 heterocycles. The largest absolute Gasteiger partial charge is 0.487 e. The van der Waals surface area contributed by atoms with E-state index in [-0.39, 0.29) is 5.41 Å². The number of hydrogen-bond acceptors (Lipinski definition) is 5. The average molecular weight is 394 g/mol. The SMILES string of the molecule is CN1CC(c2ccncc2)(c2ccc(OCc3ccc4ccccc4n3)cc2)C=N1. The topological polar surface area (TPSA) is 50.6 Å². The number of aromatic nitrogens is 2. The number of nitrogens with zero attached hydrogens (tertiary/aromatic N) is 4. The first kappa shape index (κ1) is 18.3. The predicted molar refractivity (Wildman–Crippen MR) is 119 cm³/mol. The molecule has 1 unspecified atom stereocenters. The van der Waals surface area contributed by atoms with Crippen molar-refractivity contribution in [3.05, 3.63) is 102 Å². The summed E-state index contributed by atoms with van der Waals surface area (Å²) in [6, 6.07) is 24.6. The van der Waals surface area contributed by atoms with Crippen molar-refractivity contribution in [3.8, 4) is 5.75 Å². The second-order valence-electron chi connectivity index (χ2n) is 7.58. The van der Waals surface area contributed by atoms with Gasteiger partial charge in [0.25, 0.3) is 0 Å². The summed E-state index contributed by atoms with van der Waals surface area (Å²) in [6.07, 6.45) is 5.69. The minimum Gasteiger partial charge on any atom is -0.487 e. The summed E-state index contributed by atoms with van der Waals surface area (Å²) in [6.45, 7) is 1.22. The monoisotopic (exact) mass is 394 g/mol. The molecular weight excluding hydrogens is 372 g/mol. The maximum absolute atomic E-state index is 6.00. The lowest BCUT2D eigenvalue weighted by Crippen LogP contribution is -2.34. The van der Waals surface area contributed by atoms with E-state index in [4.69, 9.17) is 4.74 Å². The number of para-hydroxylation sites is 1. The zero-order chi connectivity index (χ0) is 20.4. The Kier molecular flexibility index (Phi) is 4.64. The number of rotatable bonds is 5. The third-order valence-corrected chi connectivity index (χ3v) is 5.56. The molecular formula is C25H22N4O. The molecule has 0 radical (unpaired) electrons. The highest BCUT2D eigenvalue weighted by atomic mass is 16.5. The molecule has 5 nitrogen and oxygen atoms in total. The zero-order valence-corrected chi connectivity index (χ0v) is 16.8. The fraction of sp³-hybridized carbons (Fsp3) is 0.160. The van der Waals surface area contributed by atoms with E-state index >= 15 is 0 Å². The molecule has 5 rings (SSSR count). The van der Waals surface area contributed by atoms with Crippen molar-refractivity contribution in [1.29, 1.82) is 0 Å². The van der Waals surface area contributed by atoms with Gasteiger partial charge in [-0.05, 0) is 47.5 Å². The van der Waals surface area contributed by atoms with Gasteiger partial charge in [0.1, 0.15) is 12.4 Å². The Morgan fingerprint density at radius 2 is 1.67 bits per heavy atom. The van der Waals surface area contributed by atoms with Crippen molar-refractivity contribution >= 4 is 17.1 Å². The lowest BCUT2D eigenvalue weighted by atomic mass is 9.76. The van der Waals surface area contributed by atoms with E-state index in [0.717, 1.165) is 28.9 Å². The number of fused-ring (bicyclic) bond motifs is 1. The van der Waals surface area contributed by atoms with Crippen LogP contribution in [0.1, 0.15) is 16.8 Å². The van der Waals surface area contributed by atoms with Crippen LogP contribution in [0.5, 0.6) is 5.75 Å². The van der Waals surface area contributed by atoms with Crippen LogP contribution in [-0.4, -0.2) is 34.8 Å². The molecule has 0 amide bonds. The molecule has 30 heavy (non-hydrogen) atoms. The normalized spacial score (nSPS) is 18.1. The Bertz CT molecular complexity index is 1190. The summed E-state index contributed by atoms with van der Waals surface area (Å²) in [5.74, 6) is 0.821. The molecule has 148 valence electrons. The van der Waals surface area contributed by atoms with E-state index in [1.807, 2.05) is 67.1 Å². The average Bonchev–Trinajstić information content (AvgIpc) is 3.21. The van der Waals surface area contributed by atoms with Crippen LogP contribution < -0.4 is 4.74 Å². The van der Waals surface area contributed by atoms with Gasteiger partial charge in [0.2, 0.25) is 0 Å². The fourth-order valence-electron chi connectivity index (χ4n) is 3.98. The Morgan fingerprint density at radius 1 is 0.900 bits per heavy atom. The van der Waals surface area contributed by atoms with Gasteiger partial charge in [0.05, 0.1) is 23.2 Å². The molecule has 0 fully saturated rings. The molecule has 0 bridgehead atoms. The number of pyridine rings is 2. The standard InChI is InChI=1S/C25H22N4O/c1-29-18-25(17-27-29,21-12-14-26-15-13-21)20-7-10-23(11-8-20)30-16-22-9-6-19-4-2-3-5-24(19)28-22/h2-15,17H,16,18H2,1H3. The van der Waals surface area contributed by atoms with Crippen LogP contribution in [0.3, 0.4) is 0 Å². The smallest absolute Gasteiger partial charge is 0.130 e. The molecule has 1 atom stereocenters. The molecule has 2 aromatic carbocycles. The summed E-state index contributed by atoms with van der Waals surface area (Å²) < 4.78 is 6.00. The van der Waals surface area contributed by atoms with E-state index in [9.17, 15) is 0 Å². The van der Waals surface area contributed by atoms with Crippen LogP contribution in [-0.2, 0) is 12.0 Å². The number of hydrazone groups is 1. The van der Waals surface area contributed by atoms with Crippen molar-refractivity contribution in [1.82, 2.24) is 15.0 Å². The number of hydrogen-bond donors (Lipinski definition) is 0. The van der Waals surface area contributed by atoms with E-state index in [1.165, 1.54) is 11.1 Å². The minimum absolute atomic E-state index is 0.282. The predicted octanol–water partition coefficient (Wildman–Crippen LogP) is 4.43. The summed E-state index contributed by atoms with van der Waals surface area (Å²) in [5, 5.41) is 7.62. The van der Waals surface area contributed by atoms with Gasteiger partial charge in [-0.2, -0.15) is 5.10 Å². The quantitative estimate of drug-likeness (QED) is 0.503. The van der Waals surface area contributed by atoms with Crippen LogP contribution in [0.25, 0.3) is 10.9 Å². The zero-order valence-electron chi connectivity index (χ0n) is 16.8. The van der Waals surface area contributed by atoms with E-state index in [2.05, 4.69) is 51.5 Å². The van der Waals surface area contributed by atoms with Crippen LogP contribution in [0.2, 0.25) is 0 Å². The van der Waals surface area contributed by atoms with Crippen LogP contribution in [0, 0.1) is 0 Å². The lowest BCUT2D eigenvalue weighted by molar-refractivity contribution is 0.301. The van der Waals surface area contributed by atoms with Gasteiger partial charge in [-0.3, -0.25) is 9.99 Å². The first-order chi connectivity index (χ1) is 14.7. The molecule has 1 aliphatic rings. The number of ether oxygens (including phenoxy) is 1. The van der Waals surface area contributed by atoms with Gasteiger partial charge in [-0.1, -0.05) is 36.4 Å². The van der Waals surface area contributed by atoms with Crippen LogP contribution >= 0.6 is 0 Å². The lowest BCUT2D eigenvalue weighted by Gasteiger charge is -2.28. The minimum atomic E-state index is -0.282. The van der Waals surface area contributed by atoms with Crippen molar-refractivity contribution in [2.24, 2.45) is 5.10 Å². The van der Waals surface area contributed by atoms with Gasteiger partial charge < -0.3 is 4.74 Å². The molecule has 0 aliphatic carbocycles. The summed E-state index contributed by atoms with van der Waals surface area (Å²) >= 11 is 0.